The highest BCUT2D eigenvalue weighted by Gasteiger charge is 2.38. The number of nitrogens with zero attached hydrogens (tertiary/aromatic N) is 1. The summed E-state index contributed by atoms with van der Waals surface area (Å²) in [5.74, 6) is 0.870. The molecule has 1 saturated heterocycles. The molecule has 2 aliphatic rings. The topological polar surface area (TPSA) is 49.4 Å². The van der Waals surface area contributed by atoms with Gasteiger partial charge < -0.3 is 5.32 Å². The summed E-state index contributed by atoms with van der Waals surface area (Å²) >= 11 is 0. The van der Waals surface area contributed by atoms with E-state index in [9.17, 15) is 8.42 Å². The largest absolute Gasteiger partial charge is 0.319 e. The first-order valence-corrected chi connectivity index (χ1v) is 8.40. The van der Waals surface area contributed by atoms with Crippen molar-refractivity contribution in [1.29, 1.82) is 0 Å². The molecule has 1 saturated carbocycles. The summed E-state index contributed by atoms with van der Waals surface area (Å²) in [6, 6.07) is 0.305. The first-order valence-electron chi connectivity index (χ1n) is 6.79. The van der Waals surface area contributed by atoms with Gasteiger partial charge in [0.25, 0.3) is 0 Å². The summed E-state index contributed by atoms with van der Waals surface area (Å²) in [6.45, 7) is 1.30. The minimum Gasteiger partial charge on any atom is -0.319 e. The Morgan fingerprint density at radius 3 is 2.65 bits per heavy atom. The van der Waals surface area contributed by atoms with Crippen LogP contribution < -0.4 is 5.32 Å². The van der Waals surface area contributed by atoms with Gasteiger partial charge in [0.2, 0.25) is 10.0 Å². The molecule has 1 N–H and O–H groups in total. The molecule has 0 radical (unpaired) electrons. The zero-order valence-corrected chi connectivity index (χ0v) is 11.5. The molecule has 4 nitrogen and oxygen atoms in total. The number of fused-ring (bicyclic) bond motifs is 1. The van der Waals surface area contributed by atoms with Gasteiger partial charge in [-0.15, -0.1) is 0 Å². The molecule has 0 bridgehead atoms. The van der Waals surface area contributed by atoms with E-state index in [1.54, 1.807) is 7.05 Å². The maximum atomic E-state index is 12.3. The normalized spacial score (nSPS) is 31.1. The van der Waals surface area contributed by atoms with Crippen LogP contribution in [0.4, 0.5) is 0 Å². The molecule has 0 aromatic rings. The first-order chi connectivity index (χ1) is 8.15. The minimum atomic E-state index is -3.05. The lowest BCUT2D eigenvalue weighted by Crippen LogP contribution is -2.50. The third-order valence-corrected chi connectivity index (χ3v) is 6.05. The molecular weight excluding hydrogens is 236 g/mol. The molecule has 5 heteroatoms. The average Bonchev–Trinajstić information content (AvgIpc) is 2.36. The summed E-state index contributed by atoms with van der Waals surface area (Å²) in [5, 5.41) is 2.93. The lowest BCUT2D eigenvalue weighted by molar-refractivity contribution is 0.129. The summed E-state index contributed by atoms with van der Waals surface area (Å²) in [4.78, 5) is 0. The van der Waals surface area contributed by atoms with E-state index >= 15 is 0 Å². The summed E-state index contributed by atoms with van der Waals surface area (Å²) in [6.07, 6.45) is 7.04. The molecule has 100 valence electrons. The fraction of sp³-hybridized carbons (Fsp3) is 1.00. The van der Waals surface area contributed by atoms with Gasteiger partial charge in [-0.1, -0.05) is 12.8 Å². The molecular formula is C12H24N2O2S. The van der Waals surface area contributed by atoms with Crippen molar-refractivity contribution in [3.63, 3.8) is 0 Å². The Balaban J connectivity index is 2.07. The van der Waals surface area contributed by atoms with E-state index in [0.29, 0.717) is 18.5 Å². The van der Waals surface area contributed by atoms with E-state index in [-0.39, 0.29) is 5.75 Å². The van der Waals surface area contributed by atoms with Crippen molar-refractivity contribution in [2.24, 2.45) is 5.92 Å². The molecule has 2 atom stereocenters. The van der Waals surface area contributed by atoms with E-state index in [1.165, 1.54) is 25.7 Å². The van der Waals surface area contributed by atoms with Crippen LogP contribution in [0.2, 0.25) is 0 Å². The van der Waals surface area contributed by atoms with Gasteiger partial charge in [0.1, 0.15) is 0 Å². The third-order valence-electron chi connectivity index (χ3n) is 4.16. The molecule has 2 fully saturated rings. The van der Waals surface area contributed by atoms with Gasteiger partial charge in [0, 0.05) is 19.1 Å². The fourth-order valence-corrected chi connectivity index (χ4v) is 5.07. The zero-order valence-electron chi connectivity index (χ0n) is 10.7. The van der Waals surface area contributed by atoms with Gasteiger partial charge in [-0.3, -0.25) is 0 Å². The van der Waals surface area contributed by atoms with Gasteiger partial charge in [-0.2, -0.15) is 4.31 Å². The van der Waals surface area contributed by atoms with Crippen LogP contribution in [-0.4, -0.2) is 44.7 Å². The van der Waals surface area contributed by atoms with Crippen LogP contribution in [0, 0.1) is 5.92 Å². The number of sulfonamides is 1. The first kappa shape index (κ1) is 13.3. The average molecular weight is 260 g/mol. The van der Waals surface area contributed by atoms with Gasteiger partial charge >= 0.3 is 0 Å². The van der Waals surface area contributed by atoms with Crippen LogP contribution in [0.5, 0.6) is 0 Å². The molecule has 0 aromatic heterocycles. The Kier molecular flexibility index (Phi) is 4.44. The van der Waals surface area contributed by atoms with Crippen LogP contribution in [0.15, 0.2) is 0 Å². The minimum absolute atomic E-state index is 0.243. The van der Waals surface area contributed by atoms with Crippen LogP contribution in [0.1, 0.15) is 38.5 Å². The number of piperidine rings is 1. The molecule has 2 rings (SSSR count). The molecule has 0 amide bonds. The predicted molar refractivity (Wildman–Crippen MR) is 69.4 cm³/mol. The van der Waals surface area contributed by atoms with Crippen molar-refractivity contribution in [2.45, 2.75) is 44.6 Å². The monoisotopic (exact) mass is 260 g/mol. The van der Waals surface area contributed by atoms with Crippen LogP contribution in [0.25, 0.3) is 0 Å². The summed E-state index contributed by atoms with van der Waals surface area (Å²) in [7, 11) is -1.24. The van der Waals surface area contributed by atoms with Gasteiger partial charge in [0.05, 0.1) is 5.75 Å². The Bertz CT molecular complexity index is 340. The van der Waals surface area contributed by atoms with E-state index in [1.807, 2.05) is 4.31 Å². The standard InChI is InChI=1S/C12H24N2O2S/c1-13-8-10-17(15,16)14-9-4-6-11-5-2-3-7-12(11)14/h11-13H,2-10H2,1H3. The quantitative estimate of drug-likeness (QED) is 0.826. The van der Waals surface area contributed by atoms with Crippen molar-refractivity contribution in [3.8, 4) is 0 Å². The van der Waals surface area contributed by atoms with Crippen molar-refractivity contribution >= 4 is 10.0 Å². The molecule has 1 aliphatic heterocycles. The van der Waals surface area contributed by atoms with E-state index in [0.717, 1.165) is 19.4 Å². The molecule has 1 aliphatic carbocycles. The second-order valence-corrected chi connectivity index (χ2v) is 7.33. The maximum Gasteiger partial charge on any atom is 0.215 e. The van der Waals surface area contributed by atoms with Gasteiger partial charge in [-0.25, -0.2) is 8.42 Å². The highest BCUT2D eigenvalue weighted by molar-refractivity contribution is 7.89. The second kappa shape index (κ2) is 5.67. The number of hydrogen-bond acceptors (Lipinski definition) is 3. The zero-order chi connectivity index (χ0) is 12.3. The third kappa shape index (κ3) is 3.01. The smallest absolute Gasteiger partial charge is 0.215 e. The van der Waals surface area contributed by atoms with E-state index in [2.05, 4.69) is 5.32 Å². The van der Waals surface area contributed by atoms with Crippen LogP contribution >= 0.6 is 0 Å². The predicted octanol–water partition coefficient (Wildman–Crippen LogP) is 1.19. The molecule has 17 heavy (non-hydrogen) atoms. The van der Waals surface area contributed by atoms with Gasteiger partial charge in [0.15, 0.2) is 0 Å². The van der Waals surface area contributed by atoms with Crippen molar-refractivity contribution < 1.29 is 8.42 Å². The number of nitrogens with one attached hydrogen (secondary N) is 1. The number of rotatable bonds is 4. The lowest BCUT2D eigenvalue weighted by Gasteiger charge is -2.43. The summed E-state index contributed by atoms with van der Waals surface area (Å²) < 4.78 is 26.4. The Morgan fingerprint density at radius 2 is 1.88 bits per heavy atom. The van der Waals surface area contributed by atoms with Crippen LogP contribution in [0.3, 0.4) is 0 Å². The van der Waals surface area contributed by atoms with Crippen molar-refractivity contribution in [3.05, 3.63) is 0 Å². The molecule has 1 heterocycles. The van der Waals surface area contributed by atoms with Crippen molar-refractivity contribution in [2.75, 3.05) is 25.9 Å². The highest BCUT2D eigenvalue weighted by atomic mass is 32.2. The Labute approximate surface area is 105 Å². The number of hydrogen-bond donors (Lipinski definition) is 1. The fourth-order valence-electron chi connectivity index (χ4n) is 3.27. The highest BCUT2D eigenvalue weighted by Crippen LogP contribution is 2.36. The van der Waals surface area contributed by atoms with Crippen LogP contribution in [-0.2, 0) is 10.0 Å². The molecule has 2 unspecified atom stereocenters. The van der Waals surface area contributed by atoms with Crippen molar-refractivity contribution in [1.82, 2.24) is 9.62 Å². The Hall–Kier alpha value is -0.130. The Morgan fingerprint density at radius 1 is 1.18 bits per heavy atom. The van der Waals surface area contributed by atoms with E-state index in [4.69, 9.17) is 0 Å². The second-order valence-electron chi connectivity index (χ2n) is 5.28. The SMILES string of the molecule is CNCCS(=O)(=O)N1CCCC2CCCCC21. The van der Waals surface area contributed by atoms with E-state index < -0.39 is 10.0 Å². The molecule has 0 spiro atoms. The molecule has 0 aromatic carbocycles. The lowest BCUT2D eigenvalue weighted by atomic mass is 9.79. The maximum absolute atomic E-state index is 12.3. The van der Waals surface area contributed by atoms with Gasteiger partial charge in [-0.05, 0) is 38.6 Å². The summed E-state index contributed by atoms with van der Waals surface area (Å²) in [5.41, 5.74) is 0.